The Morgan fingerprint density at radius 3 is 2.67 bits per heavy atom. The molecule has 1 unspecified atom stereocenters. The van der Waals surface area contributed by atoms with E-state index in [9.17, 15) is 0 Å². The van der Waals surface area contributed by atoms with Gasteiger partial charge in [-0.25, -0.2) is 0 Å². The van der Waals surface area contributed by atoms with Gasteiger partial charge in [-0.05, 0) is 36.2 Å². The SMILES string of the molecule is CC(NCc1cccc(Br)c1)c1ccccc1Cl. The molecule has 0 aromatic heterocycles. The molecule has 2 aromatic carbocycles. The lowest BCUT2D eigenvalue weighted by Gasteiger charge is -2.15. The second-order valence-corrected chi connectivity index (χ2v) is 5.58. The van der Waals surface area contributed by atoms with E-state index in [0.717, 1.165) is 21.6 Å². The van der Waals surface area contributed by atoms with E-state index in [2.05, 4.69) is 46.4 Å². The minimum Gasteiger partial charge on any atom is -0.306 e. The van der Waals surface area contributed by atoms with Crippen LogP contribution >= 0.6 is 27.5 Å². The Hall–Kier alpha value is -0.830. The first kappa shape index (κ1) is 13.6. The molecule has 1 N–H and O–H groups in total. The maximum absolute atomic E-state index is 6.18. The van der Waals surface area contributed by atoms with Crippen LogP contribution in [-0.2, 0) is 6.54 Å². The van der Waals surface area contributed by atoms with Gasteiger partial charge in [-0.3, -0.25) is 0 Å². The molecule has 0 heterocycles. The zero-order valence-corrected chi connectivity index (χ0v) is 12.5. The van der Waals surface area contributed by atoms with Gasteiger partial charge in [-0.2, -0.15) is 0 Å². The summed E-state index contributed by atoms with van der Waals surface area (Å²) < 4.78 is 1.10. The molecule has 0 aliphatic carbocycles. The van der Waals surface area contributed by atoms with E-state index in [1.165, 1.54) is 5.56 Å². The van der Waals surface area contributed by atoms with Gasteiger partial charge in [-0.1, -0.05) is 57.9 Å². The molecule has 0 saturated heterocycles. The van der Waals surface area contributed by atoms with E-state index in [1.54, 1.807) is 0 Å². The van der Waals surface area contributed by atoms with Crippen LogP contribution in [0.15, 0.2) is 53.0 Å². The van der Waals surface area contributed by atoms with Gasteiger partial charge in [0.1, 0.15) is 0 Å². The molecule has 2 rings (SSSR count). The van der Waals surface area contributed by atoms with E-state index < -0.39 is 0 Å². The topological polar surface area (TPSA) is 12.0 Å². The summed E-state index contributed by atoms with van der Waals surface area (Å²) in [5, 5.41) is 4.29. The minimum absolute atomic E-state index is 0.234. The summed E-state index contributed by atoms with van der Waals surface area (Å²) in [4.78, 5) is 0. The molecule has 0 saturated carbocycles. The van der Waals surface area contributed by atoms with Gasteiger partial charge >= 0.3 is 0 Å². The van der Waals surface area contributed by atoms with Crippen LogP contribution in [0.4, 0.5) is 0 Å². The highest BCUT2D eigenvalue weighted by atomic mass is 79.9. The number of halogens is 2. The highest BCUT2D eigenvalue weighted by Crippen LogP contribution is 2.22. The van der Waals surface area contributed by atoms with Crippen molar-refractivity contribution in [1.29, 1.82) is 0 Å². The summed E-state index contributed by atoms with van der Waals surface area (Å²) in [6, 6.07) is 16.5. The van der Waals surface area contributed by atoms with Crippen molar-refractivity contribution in [3.05, 3.63) is 69.2 Å². The van der Waals surface area contributed by atoms with Crippen LogP contribution in [0.25, 0.3) is 0 Å². The van der Waals surface area contributed by atoms with Gasteiger partial charge in [0.05, 0.1) is 0 Å². The number of hydrogen-bond donors (Lipinski definition) is 1. The summed E-state index contributed by atoms with van der Waals surface area (Å²) in [5.74, 6) is 0. The van der Waals surface area contributed by atoms with Crippen LogP contribution in [0.5, 0.6) is 0 Å². The van der Waals surface area contributed by atoms with E-state index in [0.29, 0.717) is 0 Å². The average molecular weight is 325 g/mol. The van der Waals surface area contributed by atoms with Gasteiger partial charge < -0.3 is 5.32 Å². The normalized spacial score (nSPS) is 12.4. The first-order chi connectivity index (χ1) is 8.66. The molecule has 94 valence electrons. The lowest BCUT2D eigenvalue weighted by molar-refractivity contribution is 0.575. The van der Waals surface area contributed by atoms with Crippen molar-refractivity contribution in [1.82, 2.24) is 5.32 Å². The molecule has 0 aliphatic rings. The molecular formula is C15H15BrClN. The summed E-state index contributed by atoms with van der Waals surface area (Å²) in [6.45, 7) is 2.95. The van der Waals surface area contributed by atoms with Gasteiger partial charge in [0.2, 0.25) is 0 Å². The Labute approximate surface area is 121 Å². The van der Waals surface area contributed by atoms with Gasteiger partial charge in [-0.15, -0.1) is 0 Å². The first-order valence-electron chi connectivity index (χ1n) is 5.89. The van der Waals surface area contributed by atoms with Crippen LogP contribution in [-0.4, -0.2) is 0 Å². The largest absolute Gasteiger partial charge is 0.306 e. The van der Waals surface area contributed by atoms with Gasteiger partial charge in [0.15, 0.2) is 0 Å². The predicted octanol–water partition coefficient (Wildman–Crippen LogP) is 4.95. The van der Waals surface area contributed by atoms with Crippen molar-refractivity contribution in [2.24, 2.45) is 0 Å². The lowest BCUT2D eigenvalue weighted by atomic mass is 10.1. The molecule has 18 heavy (non-hydrogen) atoms. The Bertz CT molecular complexity index is 527. The Morgan fingerprint density at radius 1 is 1.17 bits per heavy atom. The van der Waals surface area contributed by atoms with E-state index in [-0.39, 0.29) is 6.04 Å². The lowest BCUT2D eigenvalue weighted by Crippen LogP contribution is -2.18. The number of rotatable bonds is 4. The zero-order chi connectivity index (χ0) is 13.0. The van der Waals surface area contributed by atoms with Crippen LogP contribution in [0.3, 0.4) is 0 Å². The predicted molar refractivity (Wildman–Crippen MR) is 80.8 cm³/mol. The highest BCUT2D eigenvalue weighted by Gasteiger charge is 2.08. The summed E-state index contributed by atoms with van der Waals surface area (Å²) in [6.07, 6.45) is 0. The summed E-state index contributed by atoms with van der Waals surface area (Å²) >= 11 is 9.66. The van der Waals surface area contributed by atoms with Crippen molar-refractivity contribution in [2.45, 2.75) is 19.5 Å². The average Bonchev–Trinajstić information content (AvgIpc) is 2.37. The van der Waals surface area contributed by atoms with Crippen molar-refractivity contribution in [3.8, 4) is 0 Å². The van der Waals surface area contributed by atoms with Gasteiger partial charge in [0, 0.05) is 22.1 Å². The third-order valence-corrected chi connectivity index (χ3v) is 3.71. The second kappa shape index (κ2) is 6.37. The van der Waals surface area contributed by atoms with E-state index in [4.69, 9.17) is 11.6 Å². The quantitative estimate of drug-likeness (QED) is 0.838. The molecular weight excluding hydrogens is 310 g/mol. The van der Waals surface area contributed by atoms with E-state index in [1.807, 2.05) is 30.3 Å². The molecule has 0 fully saturated rings. The standard InChI is InChI=1S/C15H15BrClN/c1-11(14-7-2-3-8-15(14)17)18-10-12-5-4-6-13(16)9-12/h2-9,11,18H,10H2,1H3. The summed E-state index contributed by atoms with van der Waals surface area (Å²) in [5.41, 5.74) is 2.39. The molecule has 0 amide bonds. The van der Waals surface area contributed by atoms with Gasteiger partial charge in [0.25, 0.3) is 0 Å². The second-order valence-electron chi connectivity index (χ2n) is 4.25. The Morgan fingerprint density at radius 2 is 1.94 bits per heavy atom. The molecule has 0 bridgehead atoms. The maximum atomic E-state index is 6.18. The molecule has 1 atom stereocenters. The molecule has 1 nitrogen and oxygen atoms in total. The summed E-state index contributed by atoms with van der Waals surface area (Å²) in [7, 11) is 0. The maximum Gasteiger partial charge on any atom is 0.0453 e. The Balaban J connectivity index is 2.00. The van der Waals surface area contributed by atoms with Crippen LogP contribution < -0.4 is 5.32 Å². The fraction of sp³-hybridized carbons (Fsp3) is 0.200. The van der Waals surface area contributed by atoms with Crippen LogP contribution in [0, 0.1) is 0 Å². The third-order valence-electron chi connectivity index (χ3n) is 2.87. The smallest absolute Gasteiger partial charge is 0.0453 e. The van der Waals surface area contributed by atoms with Crippen LogP contribution in [0.1, 0.15) is 24.1 Å². The Kier molecular flexibility index (Phi) is 4.81. The number of nitrogens with one attached hydrogen (secondary N) is 1. The van der Waals surface area contributed by atoms with Crippen molar-refractivity contribution in [3.63, 3.8) is 0 Å². The molecule has 0 aliphatic heterocycles. The van der Waals surface area contributed by atoms with Crippen molar-refractivity contribution in [2.75, 3.05) is 0 Å². The van der Waals surface area contributed by atoms with Crippen molar-refractivity contribution < 1.29 is 0 Å². The monoisotopic (exact) mass is 323 g/mol. The molecule has 2 aromatic rings. The number of benzene rings is 2. The third kappa shape index (κ3) is 3.58. The first-order valence-corrected chi connectivity index (χ1v) is 7.06. The minimum atomic E-state index is 0.234. The fourth-order valence-electron chi connectivity index (χ4n) is 1.85. The van der Waals surface area contributed by atoms with E-state index >= 15 is 0 Å². The molecule has 0 radical (unpaired) electrons. The zero-order valence-electron chi connectivity index (χ0n) is 10.2. The molecule has 3 heteroatoms. The number of hydrogen-bond acceptors (Lipinski definition) is 1. The fourth-order valence-corrected chi connectivity index (χ4v) is 2.60. The molecule has 0 spiro atoms. The van der Waals surface area contributed by atoms with Crippen molar-refractivity contribution >= 4 is 27.5 Å². The highest BCUT2D eigenvalue weighted by molar-refractivity contribution is 9.10. The van der Waals surface area contributed by atoms with Crippen LogP contribution in [0.2, 0.25) is 5.02 Å².